The van der Waals surface area contributed by atoms with E-state index in [1.165, 1.54) is 0 Å². The number of nitrogens with zero attached hydrogens (tertiary/aromatic N) is 1. The topological polar surface area (TPSA) is 81.8 Å². The van der Waals surface area contributed by atoms with Crippen LogP contribution < -0.4 is 9.47 Å². The van der Waals surface area contributed by atoms with Crippen LogP contribution in [0.2, 0.25) is 5.02 Å². The van der Waals surface area contributed by atoms with E-state index in [-0.39, 0.29) is 0 Å². The lowest BCUT2D eigenvalue weighted by atomic mass is 10.1. The minimum absolute atomic E-state index is 0.360. The summed E-state index contributed by atoms with van der Waals surface area (Å²) >= 11 is 5.95. The SMILES string of the molecule is CCC(Oc1cccc(Oc2ccc3c(-c4ccc(Cl)cc4)noc3c2)c1)C(=O)O. The van der Waals surface area contributed by atoms with Gasteiger partial charge in [0.2, 0.25) is 0 Å². The highest BCUT2D eigenvalue weighted by molar-refractivity contribution is 6.30. The number of rotatable bonds is 7. The second-order valence-corrected chi connectivity index (χ2v) is 7.06. The third-order valence-corrected chi connectivity index (χ3v) is 4.78. The van der Waals surface area contributed by atoms with Crippen molar-refractivity contribution in [2.75, 3.05) is 0 Å². The van der Waals surface area contributed by atoms with Crippen LogP contribution in [0.4, 0.5) is 0 Å². The molecule has 0 fully saturated rings. The molecule has 6 nitrogen and oxygen atoms in total. The van der Waals surface area contributed by atoms with E-state index in [1.54, 1.807) is 49.4 Å². The summed E-state index contributed by atoms with van der Waals surface area (Å²) in [7, 11) is 0. The first-order valence-electron chi connectivity index (χ1n) is 9.36. The number of hydrogen-bond acceptors (Lipinski definition) is 5. The quantitative estimate of drug-likeness (QED) is 0.382. The fourth-order valence-corrected chi connectivity index (χ4v) is 3.14. The number of ether oxygens (including phenoxy) is 2. The molecule has 7 heteroatoms. The smallest absolute Gasteiger partial charge is 0.344 e. The summed E-state index contributed by atoms with van der Waals surface area (Å²) < 4.78 is 16.9. The Bertz CT molecular complexity index is 1190. The van der Waals surface area contributed by atoms with Crippen LogP contribution >= 0.6 is 11.6 Å². The number of fused-ring (bicyclic) bond motifs is 1. The van der Waals surface area contributed by atoms with Crippen LogP contribution in [0, 0.1) is 0 Å². The number of hydrogen-bond donors (Lipinski definition) is 1. The fraction of sp³-hybridized carbons (Fsp3) is 0.130. The first-order chi connectivity index (χ1) is 14.5. The lowest BCUT2D eigenvalue weighted by Crippen LogP contribution is -2.25. The normalized spacial score (nSPS) is 11.9. The molecule has 152 valence electrons. The number of carboxylic acid groups (broad SMARTS) is 1. The minimum atomic E-state index is -1.00. The molecule has 4 rings (SSSR count). The Hall–Kier alpha value is -3.51. The van der Waals surface area contributed by atoms with Crippen molar-refractivity contribution in [1.29, 1.82) is 0 Å². The second kappa shape index (κ2) is 8.47. The van der Waals surface area contributed by atoms with Gasteiger partial charge in [0.15, 0.2) is 11.7 Å². The molecule has 0 aliphatic heterocycles. The first kappa shape index (κ1) is 19.8. The summed E-state index contributed by atoms with van der Waals surface area (Å²) in [6.45, 7) is 1.75. The average Bonchev–Trinajstić information content (AvgIpc) is 3.16. The fourth-order valence-electron chi connectivity index (χ4n) is 3.02. The standard InChI is InChI=1S/C23H18ClNO5/c1-2-20(23(26)27)29-17-5-3-4-16(12-17)28-18-10-11-19-21(13-18)30-25-22(19)14-6-8-15(24)9-7-14/h3-13,20H,2H2,1H3,(H,26,27). The number of carbonyl (C=O) groups is 1. The number of halogens is 1. The zero-order valence-corrected chi connectivity index (χ0v) is 16.8. The second-order valence-electron chi connectivity index (χ2n) is 6.63. The molecular weight excluding hydrogens is 406 g/mol. The van der Waals surface area contributed by atoms with Gasteiger partial charge in [-0.15, -0.1) is 0 Å². The molecule has 1 atom stereocenters. The summed E-state index contributed by atoms with van der Waals surface area (Å²) in [5.74, 6) is 0.497. The molecule has 0 amide bonds. The van der Waals surface area contributed by atoms with Gasteiger partial charge in [-0.2, -0.15) is 0 Å². The monoisotopic (exact) mass is 423 g/mol. The first-order valence-corrected chi connectivity index (χ1v) is 9.74. The molecule has 1 heterocycles. The molecule has 1 aromatic heterocycles. The van der Waals surface area contributed by atoms with Gasteiger partial charge in [0.1, 0.15) is 22.9 Å². The molecule has 0 saturated heterocycles. The van der Waals surface area contributed by atoms with Crippen LogP contribution in [-0.2, 0) is 4.79 Å². The van der Waals surface area contributed by atoms with E-state index in [2.05, 4.69) is 5.16 Å². The maximum absolute atomic E-state index is 11.2. The summed E-state index contributed by atoms with van der Waals surface area (Å²) in [6, 6.07) is 19.7. The van der Waals surface area contributed by atoms with Gasteiger partial charge in [-0.25, -0.2) is 4.79 Å². The van der Waals surface area contributed by atoms with E-state index in [4.69, 9.17) is 30.7 Å². The van der Waals surface area contributed by atoms with Gasteiger partial charge in [-0.1, -0.05) is 41.9 Å². The van der Waals surface area contributed by atoms with Crippen molar-refractivity contribution >= 4 is 28.5 Å². The maximum Gasteiger partial charge on any atom is 0.344 e. The summed E-state index contributed by atoms with van der Waals surface area (Å²) in [6.07, 6.45) is -0.546. The predicted molar refractivity (Wildman–Crippen MR) is 113 cm³/mol. The third-order valence-electron chi connectivity index (χ3n) is 4.53. The van der Waals surface area contributed by atoms with E-state index >= 15 is 0 Å². The van der Waals surface area contributed by atoms with Gasteiger partial charge in [-0.05, 0) is 42.8 Å². The highest BCUT2D eigenvalue weighted by Gasteiger charge is 2.17. The minimum Gasteiger partial charge on any atom is -0.479 e. The average molecular weight is 424 g/mol. The van der Waals surface area contributed by atoms with Crippen molar-refractivity contribution in [3.63, 3.8) is 0 Å². The van der Waals surface area contributed by atoms with E-state index in [1.807, 2.05) is 24.3 Å². The molecule has 0 spiro atoms. The van der Waals surface area contributed by atoms with E-state index < -0.39 is 12.1 Å². The van der Waals surface area contributed by atoms with Gasteiger partial charge in [0.05, 0.1) is 0 Å². The molecule has 0 radical (unpaired) electrons. The van der Waals surface area contributed by atoms with Crippen LogP contribution in [0.25, 0.3) is 22.2 Å². The predicted octanol–water partition coefficient (Wildman–Crippen LogP) is 6.18. The van der Waals surface area contributed by atoms with Crippen LogP contribution in [0.5, 0.6) is 17.2 Å². The highest BCUT2D eigenvalue weighted by Crippen LogP contribution is 2.33. The Labute approximate surface area is 177 Å². The number of aromatic nitrogens is 1. The van der Waals surface area contributed by atoms with Gasteiger partial charge in [-0.3, -0.25) is 0 Å². The summed E-state index contributed by atoms with van der Waals surface area (Å²) in [5.41, 5.74) is 2.21. The maximum atomic E-state index is 11.2. The van der Waals surface area contributed by atoms with E-state index in [0.717, 1.165) is 16.6 Å². The molecule has 0 aliphatic carbocycles. The summed E-state index contributed by atoms with van der Waals surface area (Å²) in [4.78, 5) is 11.2. The largest absolute Gasteiger partial charge is 0.479 e. The molecule has 3 aromatic carbocycles. The molecule has 4 aromatic rings. The van der Waals surface area contributed by atoms with E-state index in [9.17, 15) is 4.79 Å². The van der Waals surface area contributed by atoms with Gasteiger partial charge in [0, 0.05) is 28.1 Å². The lowest BCUT2D eigenvalue weighted by Gasteiger charge is -2.14. The van der Waals surface area contributed by atoms with Crippen molar-refractivity contribution in [2.45, 2.75) is 19.4 Å². The van der Waals surface area contributed by atoms with Crippen LogP contribution in [0.3, 0.4) is 0 Å². The number of carboxylic acids is 1. The van der Waals surface area contributed by atoms with Crippen LogP contribution in [0.15, 0.2) is 71.3 Å². The van der Waals surface area contributed by atoms with E-state index in [0.29, 0.717) is 34.3 Å². The van der Waals surface area contributed by atoms with Crippen LogP contribution in [0.1, 0.15) is 13.3 Å². The Morgan fingerprint density at radius 2 is 1.80 bits per heavy atom. The van der Waals surface area contributed by atoms with Crippen molar-refractivity contribution in [1.82, 2.24) is 5.16 Å². The molecule has 30 heavy (non-hydrogen) atoms. The van der Waals surface area contributed by atoms with Crippen molar-refractivity contribution in [3.8, 4) is 28.5 Å². The molecule has 0 saturated carbocycles. The Morgan fingerprint density at radius 3 is 2.53 bits per heavy atom. The molecule has 1 unspecified atom stereocenters. The summed E-state index contributed by atoms with van der Waals surface area (Å²) in [5, 5.41) is 14.8. The van der Waals surface area contributed by atoms with Gasteiger partial charge >= 0.3 is 5.97 Å². The zero-order chi connectivity index (χ0) is 21.1. The van der Waals surface area contributed by atoms with Gasteiger partial charge < -0.3 is 19.1 Å². The zero-order valence-electron chi connectivity index (χ0n) is 16.0. The number of benzene rings is 3. The van der Waals surface area contributed by atoms with Crippen molar-refractivity contribution < 1.29 is 23.9 Å². The Morgan fingerprint density at radius 1 is 1.07 bits per heavy atom. The third kappa shape index (κ3) is 4.23. The highest BCUT2D eigenvalue weighted by atomic mass is 35.5. The van der Waals surface area contributed by atoms with Crippen molar-refractivity contribution in [3.05, 3.63) is 71.8 Å². The molecular formula is C23H18ClNO5. The van der Waals surface area contributed by atoms with Crippen LogP contribution in [-0.4, -0.2) is 22.3 Å². The molecule has 0 aliphatic rings. The Kier molecular flexibility index (Phi) is 5.59. The molecule has 0 bridgehead atoms. The van der Waals surface area contributed by atoms with Gasteiger partial charge in [0.25, 0.3) is 0 Å². The number of aliphatic carboxylic acids is 1. The Balaban J connectivity index is 1.55. The van der Waals surface area contributed by atoms with Crippen molar-refractivity contribution in [2.24, 2.45) is 0 Å². The lowest BCUT2D eigenvalue weighted by molar-refractivity contribution is -0.145. The molecule has 1 N–H and O–H groups in total.